The van der Waals surface area contributed by atoms with E-state index >= 15 is 0 Å². The van der Waals surface area contributed by atoms with E-state index in [0.29, 0.717) is 33.2 Å². The minimum atomic E-state index is -0.368. The SMILES string of the molecule is NC(CSSCC(N)c1nc(-c2ccccc2)c2cc(Cl)ccc2n1)c1nc(-c2ccccc2)c2cc(Cl)ccc2n1. The third-order valence-electron chi connectivity index (χ3n) is 6.69. The van der Waals surface area contributed by atoms with Crippen molar-refractivity contribution in [3.05, 3.63) is 119 Å². The summed E-state index contributed by atoms with van der Waals surface area (Å²) in [6.07, 6.45) is 0. The summed E-state index contributed by atoms with van der Waals surface area (Å²) in [4.78, 5) is 19.3. The van der Waals surface area contributed by atoms with Crippen LogP contribution in [0.15, 0.2) is 97.1 Å². The summed E-state index contributed by atoms with van der Waals surface area (Å²) < 4.78 is 0. The Morgan fingerprint density at radius 2 is 0.952 bits per heavy atom. The first-order valence-corrected chi connectivity index (χ1v) is 16.5. The molecule has 0 radical (unpaired) electrons. The number of nitrogens with zero attached hydrogens (tertiary/aromatic N) is 4. The third kappa shape index (κ3) is 6.39. The van der Waals surface area contributed by atoms with E-state index < -0.39 is 0 Å². The highest BCUT2D eigenvalue weighted by atomic mass is 35.5. The predicted octanol–water partition coefficient (Wildman–Crippen LogP) is 8.30. The molecule has 0 aliphatic heterocycles. The van der Waals surface area contributed by atoms with Crippen molar-refractivity contribution in [2.75, 3.05) is 11.5 Å². The van der Waals surface area contributed by atoms with E-state index in [-0.39, 0.29) is 12.1 Å². The molecule has 6 rings (SSSR count). The fourth-order valence-corrected chi connectivity index (χ4v) is 7.18. The van der Waals surface area contributed by atoms with E-state index in [2.05, 4.69) is 0 Å². The maximum atomic E-state index is 6.60. The summed E-state index contributed by atoms with van der Waals surface area (Å²) in [6.45, 7) is 0. The van der Waals surface area contributed by atoms with Gasteiger partial charge in [-0.25, -0.2) is 19.9 Å². The van der Waals surface area contributed by atoms with Crippen LogP contribution in [0.25, 0.3) is 44.3 Å². The largest absolute Gasteiger partial charge is 0.321 e. The van der Waals surface area contributed by atoms with Crippen LogP contribution in [-0.4, -0.2) is 31.4 Å². The molecule has 42 heavy (non-hydrogen) atoms. The topological polar surface area (TPSA) is 104 Å². The zero-order valence-electron chi connectivity index (χ0n) is 22.3. The van der Waals surface area contributed by atoms with Crippen molar-refractivity contribution >= 4 is 66.6 Å². The second-order valence-corrected chi connectivity index (χ2v) is 13.1. The van der Waals surface area contributed by atoms with Crippen molar-refractivity contribution in [1.82, 2.24) is 19.9 Å². The molecule has 4 aromatic carbocycles. The molecule has 10 heteroatoms. The van der Waals surface area contributed by atoms with Crippen molar-refractivity contribution in [2.24, 2.45) is 11.5 Å². The van der Waals surface area contributed by atoms with Gasteiger partial charge in [-0.3, -0.25) is 0 Å². The zero-order chi connectivity index (χ0) is 29.1. The first-order chi connectivity index (χ1) is 20.5. The van der Waals surface area contributed by atoms with Gasteiger partial charge in [-0.15, -0.1) is 0 Å². The summed E-state index contributed by atoms with van der Waals surface area (Å²) in [5.41, 5.74) is 18.4. The number of hydrogen-bond donors (Lipinski definition) is 2. The Balaban J connectivity index is 1.17. The monoisotopic (exact) mass is 628 g/mol. The van der Waals surface area contributed by atoms with E-state index in [1.165, 1.54) is 0 Å². The Morgan fingerprint density at radius 3 is 1.36 bits per heavy atom. The number of nitrogens with two attached hydrogens (primary N) is 2. The second kappa shape index (κ2) is 13.0. The number of benzene rings is 4. The zero-order valence-corrected chi connectivity index (χ0v) is 25.5. The van der Waals surface area contributed by atoms with Crippen LogP contribution in [0.4, 0.5) is 0 Å². The van der Waals surface area contributed by atoms with E-state index in [4.69, 9.17) is 54.6 Å². The lowest BCUT2D eigenvalue weighted by molar-refractivity contribution is 0.758. The molecule has 2 atom stereocenters. The highest BCUT2D eigenvalue weighted by Crippen LogP contribution is 2.34. The average molecular weight is 630 g/mol. The Hall–Kier alpha value is -3.24. The van der Waals surface area contributed by atoms with Gasteiger partial charge >= 0.3 is 0 Å². The van der Waals surface area contributed by atoms with E-state index in [0.717, 1.165) is 44.3 Å². The van der Waals surface area contributed by atoms with Gasteiger partial charge < -0.3 is 11.5 Å². The van der Waals surface area contributed by atoms with E-state index in [1.54, 1.807) is 21.6 Å². The first kappa shape index (κ1) is 28.9. The first-order valence-electron chi connectivity index (χ1n) is 13.3. The van der Waals surface area contributed by atoms with Crippen LogP contribution in [0, 0.1) is 0 Å². The van der Waals surface area contributed by atoms with Gasteiger partial charge in [0.25, 0.3) is 0 Å². The highest BCUT2D eigenvalue weighted by molar-refractivity contribution is 8.76. The Kier molecular flexibility index (Phi) is 8.90. The van der Waals surface area contributed by atoms with Crippen LogP contribution in [0.1, 0.15) is 23.7 Å². The molecule has 0 aliphatic rings. The molecule has 2 unspecified atom stereocenters. The fraction of sp³-hybridized carbons (Fsp3) is 0.125. The van der Waals surface area contributed by atoms with Gasteiger partial charge in [-0.05, 0) is 36.4 Å². The summed E-state index contributed by atoms with van der Waals surface area (Å²) in [5.74, 6) is 2.39. The van der Waals surface area contributed by atoms with Crippen LogP contribution < -0.4 is 11.5 Å². The Morgan fingerprint density at radius 1 is 0.548 bits per heavy atom. The molecular weight excluding hydrogens is 603 g/mol. The molecule has 0 amide bonds. The summed E-state index contributed by atoms with van der Waals surface area (Å²) in [5, 5.41) is 3.06. The van der Waals surface area contributed by atoms with Crippen molar-refractivity contribution < 1.29 is 0 Å². The maximum absolute atomic E-state index is 6.60. The molecule has 0 spiro atoms. The molecule has 0 saturated heterocycles. The fourth-order valence-electron chi connectivity index (χ4n) is 4.59. The van der Waals surface area contributed by atoms with Gasteiger partial charge in [-0.2, -0.15) is 0 Å². The molecule has 2 aromatic heterocycles. The minimum Gasteiger partial charge on any atom is -0.321 e. The van der Waals surface area contributed by atoms with Crippen molar-refractivity contribution in [3.63, 3.8) is 0 Å². The minimum absolute atomic E-state index is 0.368. The quantitative estimate of drug-likeness (QED) is 0.122. The van der Waals surface area contributed by atoms with Gasteiger partial charge in [-0.1, -0.05) is 105 Å². The molecule has 0 fully saturated rings. The molecule has 6 nitrogen and oxygen atoms in total. The van der Waals surface area contributed by atoms with E-state index in [9.17, 15) is 0 Å². The van der Waals surface area contributed by atoms with Crippen LogP contribution >= 0.6 is 44.8 Å². The smallest absolute Gasteiger partial charge is 0.147 e. The van der Waals surface area contributed by atoms with Crippen molar-refractivity contribution in [1.29, 1.82) is 0 Å². The molecular formula is C32H26Cl2N6S2. The second-order valence-electron chi connectivity index (χ2n) is 9.70. The number of aromatic nitrogens is 4. The third-order valence-corrected chi connectivity index (χ3v) is 9.63. The summed E-state index contributed by atoms with van der Waals surface area (Å²) in [7, 11) is 3.26. The van der Waals surface area contributed by atoms with Gasteiger partial charge in [0.05, 0.1) is 34.5 Å². The van der Waals surface area contributed by atoms with Gasteiger partial charge in [0.1, 0.15) is 11.6 Å². The van der Waals surface area contributed by atoms with E-state index in [1.807, 2.05) is 97.1 Å². The molecule has 2 heterocycles. The molecule has 210 valence electrons. The van der Waals surface area contributed by atoms with Crippen molar-refractivity contribution in [3.8, 4) is 22.5 Å². The lowest BCUT2D eigenvalue weighted by Gasteiger charge is -2.15. The summed E-state index contributed by atoms with van der Waals surface area (Å²) in [6, 6.07) is 30.5. The lowest BCUT2D eigenvalue weighted by Crippen LogP contribution is -2.18. The molecule has 6 aromatic rings. The van der Waals surface area contributed by atoms with Gasteiger partial charge in [0, 0.05) is 43.5 Å². The molecule has 0 bridgehead atoms. The molecule has 0 aliphatic carbocycles. The average Bonchev–Trinajstić information content (AvgIpc) is 3.02. The van der Waals surface area contributed by atoms with Gasteiger partial charge in [0.15, 0.2) is 0 Å². The molecule has 0 saturated carbocycles. The number of rotatable bonds is 9. The Labute approximate surface area is 261 Å². The Bertz CT molecular complexity index is 1720. The van der Waals surface area contributed by atoms with Crippen LogP contribution in [-0.2, 0) is 0 Å². The van der Waals surface area contributed by atoms with Gasteiger partial charge in [0.2, 0.25) is 0 Å². The molecule has 4 N–H and O–H groups in total. The van der Waals surface area contributed by atoms with Crippen LogP contribution in [0.3, 0.4) is 0 Å². The standard InChI is InChI=1S/C32H26Cl2N6S2/c33-21-11-13-27-23(15-21)29(19-7-3-1-4-8-19)39-31(37-27)25(35)17-41-42-18-26(36)32-38-28-14-12-22(34)16-24(28)30(40-32)20-9-5-2-6-10-20/h1-16,25-26H,17-18,35-36H2. The maximum Gasteiger partial charge on any atom is 0.147 e. The number of hydrogen-bond acceptors (Lipinski definition) is 8. The van der Waals surface area contributed by atoms with Crippen molar-refractivity contribution in [2.45, 2.75) is 12.1 Å². The predicted molar refractivity (Wildman–Crippen MR) is 179 cm³/mol. The number of halogens is 2. The normalized spacial score (nSPS) is 13.0. The lowest BCUT2D eigenvalue weighted by atomic mass is 10.1. The van der Waals surface area contributed by atoms with Crippen LogP contribution in [0.2, 0.25) is 10.0 Å². The summed E-state index contributed by atoms with van der Waals surface area (Å²) >= 11 is 12.6. The van der Waals surface area contributed by atoms with Crippen LogP contribution in [0.5, 0.6) is 0 Å². The highest BCUT2D eigenvalue weighted by Gasteiger charge is 2.18. The number of fused-ring (bicyclic) bond motifs is 2.